The average molecular weight is 411 g/mol. The molecule has 0 saturated heterocycles. The van der Waals surface area contributed by atoms with Gasteiger partial charge in [0.2, 0.25) is 0 Å². The third-order valence-electron chi connectivity index (χ3n) is 4.87. The fourth-order valence-corrected chi connectivity index (χ4v) is 3.49. The van der Waals surface area contributed by atoms with Gasteiger partial charge < -0.3 is 23.7 Å². The number of likely N-dealkylation sites (N-methyl/N-ethyl adjacent to an activating group) is 1. The van der Waals surface area contributed by atoms with Gasteiger partial charge in [0.1, 0.15) is 18.1 Å². The molecule has 3 rings (SSSR count). The molecule has 6 heteroatoms. The van der Waals surface area contributed by atoms with Crippen molar-refractivity contribution in [3.8, 4) is 17.2 Å². The quantitative estimate of drug-likeness (QED) is 0.488. The molecule has 160 valence electrons. The zero-order valence-corrected chi connectivity index (χ0v) is 18.4. The maximum Gasteiger partial charge on any atom is 0.340 e. The predicted molar refractivity (Wildman–Crippen MR) is 119 cm³/mol. The third kappa shape index (κ3) is 4.60. The minimum absolute atomic E-state index is 0.324. The summed E-state index contributed by atoms with van der Waals surface area (Å²) in [6.07, 6.45) is 0. The van der Waals surface area contributed by atoms with Crippen LogP contribution < -0.4 is 9.47 Å². The van der Waals surface area contributed by atoms with Gasteiger partial charge >= 0.3 is 5.97 Å². The Balaban J connectivity index is 2.08. The van der Waals surface area contributed by atoms with Crippen LogP contribution in [0.4, 0.5) is 0 Å². The molecule has 2 aromatic carbocycles. The van der Waals surface area contributed by atoms with E-state index in [9.17, 15) is 4.79 Å². The lowest BCUT2D eigenvalue weighted by molar-refractivity contribution is 0.0527. The van der Waals surface area contributed by atoms with Crippen LogP contribution >= 0.6 is 0 Å². The summed E-state index contributed by atoms with van der Waals surface area (Å²) in [7, 11) is 4.01. The van der Waals surface area contributed by atoms with Crippen molar-refractivity contribution in [2.45, 2.75) is 20.8 Å². The lowest BCUT2D eigenvalue weighted by Crippen LogP contribution is -2.19. The van der Waals surface area contributed by atoms with Gasteiger partial charge in [-0.05, 0) is 77.3 Å². The normalized spacial score (nSPS) is 11.1. The van der Waals surface area contributed by atoms with Gasteiger partial charge in [-0.25, -0.2) is 4.79 Å². The Morgan fingerprint density at radius 2 is 1.67 bits per heavy atom. The molecule has 1 heterocycles. The highest BCUT2D eigenvalue weighted by Crippen LogP contribution is 2.33. The fourth-order valence-electron chi connectivity index (χ4n) is 3.49. The van der Waals surface area contributed by atoms with Crippen molar-refractivity contribution in [1.82, 2.24) is 9.47 Å². The highest BCUT2D eigenvalue weighted by Gasteiger charge is 2.22. The molecule has 0 unspecified atom stereocenters. The maximum absolute atomic E-state index is 12.8. The Labute approximate surface area is 178 Å². The van der Waals surface area contributed by atoms with Gasteiger partial charge in [0.05, 0.1) is 24.3 Å². The number of hydrogen-bond acceptors (Lipinski definition) is 5. The smallest absolute Gasteiger partial charge is 0.340 e. The number of carbonyl (C=O) groups is 1. The second-order valence-electron chi connectivity index (χ2n) is 7.27. The lowest BCUT2D eigenvalue weighted by Gasteiger charge is -2.12. The molecular weight excluding hydrogens is 380 g/mol. The van der Waals surface area contributed by atoms with Crippen LogP contribution in [0.1, 0.15) is 29.9 Å². The minimum atomic E-state index is -0.324. The molecule has 30 heavy (non-hydrogen) atoms. The molecule has 0 saturated carbocycles. The number of hydrogen-bond donors (Lipinski definition) is 0. The highest BCUT2D eigenvalue weighted by atomic mass is 16.5. The van der Waals surface area contributed by atoms with E-state index < -0.39 is 0 Å². The maximum atomic E-state index is 12.8. The molecule has 3 aromatic rings. The molecule has 0 atom stereocenters. The van der Waals surface area contributed by atoms with Crippen molar-refractivity contribution in [3.05, 3.63) is 53.7 Å². The number of benzene rings is 2. The Hall–Kier alpha value is -2.99. The van der Waals surface area contributed by atoms with Gasteiger partial charge in [0, 0.05) is 23.3 Å². The first-order chi connectivity index (χ1) is 14.5. The summed E-state index contributed by atoms with van der Waals surface area (Å²) < 4.78 is 18.9. The van der Waals surface area contributed by atoms with Gasteiger partial charge in [-0.3, -0.25) is 0 Å². The molecule has 0 radical (unpaired) electrons. The summed E-state index contributed by atoms with van der Waals surface area (Å²) in [6.45, 7) is 8.05. The first-order valence-electron chi connectivity index (χ1n) is 10.3. The van der Waals surface area contributed by atoms with Crippen LogP contribution in [-0.2, 0) is 4.74 Å². The van der Waals surface area contributed by atoms with E-state index in [1.165, 1.54) is 0 Å². The second kappa shape index (κ2) is 9.67. The highest BCUT2D eigenvalue weighted by molar-refractivity contribution is 6.07. The van der Waals surface area contributed by atoms with Gasteiger partial charge in [-0.15, -0.1) is 0 Å². The minimum Gasteiger partial charge on any atom is -0.494 e. The van der Waals surface area contributed by atoms with Gasteiger partial charge in [-0.1, -0.05) is 0 Å². The van der Waals surface area contributed by atoms with E-state index in [0.717, 1.165) is 40.3 Å². The van der Waals surface area contributed by atoms with Crippen LogP contribution in [0, 0.1) is 6.92 Å². The monoisotopic (exact) mass is 410 g/mol. The van der Waals surface area contributed by atoms with E-state index in [4.69, 9.17) is 14.2 Å². The Morgan fingerprint density at radius 1 is 0.967 bits per heavy atom. The predicted octanol–water partition coefficient (Wildman–Crippen LogP) is 4.45. The molecule has 0 spiro atoms. The number of rotatable bonds is 9. The van der Waals surface area contributed by atoms with Gasteiger partial charge in [0.25, 0.3) is 0 Å². The zero-order chi connectivity index (χ0) is 21.7. The first kappa shape index (κ1) is 21.7. The summed E-state index contributed by atoms with van der Waals surface area (Å²) in [5.74, 6) is 1.23. The summed E-state index contributed by atoms with van der Waals surface area (Å²) >= 11 is 0. The summed E-state index contributed by atoms with van der Waals surface area (Å²) in [4.78, 5) is 14.8. The molecule has 0 fully saturated rings. The van der Waals surface area contributed by atoms with Crippen molar-refractivity contribution in [2.24, 2.45) is 0 Å². The van der Waals surface area contributed by atoms with Crippen molar-refractivity contribution < 1.29 is 19.0 Å². The number of nitrogens with zero attached hydrogens (tertiary/aromatic N) is 2. The van der Waals surface area contributed by atoms with Crippen LogP contribution in [0.5, 0.6) is 11.5 Å². The molecular formula is C24H30N2O4. The molecule has 0 bridgehead atoms. The van der Waals surface area contributed by atoms with Gasteiger partial charge in [-0.2, -0.15) is 0 Å². The average Bonchev–Trinajstić information content (AvgIpc) is 3.00. The Bertz CT molecular complexity index is 1010. The summed E-state index contributed by atoms with van der Waals surface area (Å²) in [5, 5.41) is 0.821. The largest absolute Gasteiger partial charge is 0.494 e. The Morgan fingerprint density at radius 3 is 2.30 bits per heavy atom. The van der Waals surface area contributed by atoms with Crippen molar-refractivity contribution >= 4 is 16.9 Å². The molecule has 0 aliphatic rings. The molecule has 0 aliphatic heterocycles. The van der Waals surface area contributed by atoms with Crippen LogP contribution in [0.3, 0.4) is 0 Å². The topological polar surface area (TPSA) is 52.9 Å². The van der Waals surface area contributed by atoms with E-state index in [-0.39, 0.29) is 5.97 Å². The Kier molecular flexibility index (Phi) is 7.00. The van der Waals surface area contributed by atoms with E-state index >= 15 is 0 Å². The van der Waals surface area contributed by atoms with E-state index in [1.807, 2.05) is 77.3 Å². The second-order valence-corrected chi connectivity index (χ2v) is 7.27. The van der Waals surface area contributed by atoms with E-state index in [1.54, 1.807) is 0 Å². The molecule has 0 amide bonds. The first-order valence-corrected chi connectivity index (χ1v) is 10.3. The fraction of sp³-hybridized carbons (Fsp3) is 0.375. The van der Waals surface area contributed by atoms with E-state index in [2.05, 4.69) is 9.47 Å². The molecule has 6 nitrogen and oxygen atoms in total. The molecule has 1 aromatic heterocycles. The number of carbonyl (C=O) groups excluding carboxylic acids is 1. The molecule has 0 aliphatic carbocycles. The number of fused-ring (bicyclic) bond motifs is 1. The third-order valence-corrected chi connectivity index (χ3v) is 4.87. The summed E-state index contributed by atoms with van der Waals surface area (Å²) in [6, 6.07) is 13.7. The lowest BCUT2D eigenvalue weighted by atomic mass is 10.1. The number of ether oxygens (including phenoxy) is 3. The van der Waals surface area contributed by atoms with Crippen molar-refractivity contribution in [3.63, 3.8) is 0 Å². The van der Waals surface area contributed by atoms with Gasteiger partial charge in [0.15, 0.2) is 0 Å². The standard InChI is InChI=1S/C24H30N2O4/c1-6-28-19-10-8-18(9-11-19)26-17(3)23(24(27)29-7-2)21-16-20(12-13-22(21)26)30-15-14-25(4)5/h8-13,16H,6-7,14-15H2,1-5H3. The van der Waals surface area contributed by atoms with Crippen molar-refractivity contribution in [1.29, 1.82) is 0 Å². The zero-order valence-electron chi connectivity index (χ0n) is 18.4. The van der Waals surface area contributed by atoms with Crippen LogP contribution in [0.15, 0.2) is 42.5 Å². The number of esters is 1. The van der Waals surface area contributed by atoms with Crippen LogP contribution in [0.2, 0.25) is 0 Å². The summed E-state index contributed by atoms with van der Waals surface area (Å²) in [5.41, 5.74) is 3.29. The SMILES string of the molecule is CCOC(=O)c1c(C)n(-c2ccc(OCC)cc2)c2ccc(OCCN(C)C)cc12. The van der Waals surface area contributed by atoms with Crippen LogP contribution in [-0.4, -0.2) is 55.9 Å². The molecule has 0 N–H and O–H groups in total. The number of aromatic nitrogens is 1. The van der Waals surface area contributed by atoms with E-state index in [0.29, 0.717) is 25.4 Å². The van der Waals surface area contributed by atoms with Crippen molar-refractivity contribution in [2.75, 3.05) is 40.5 Å². The van der Waals surface area contributed by atoms with Crippen LogP contribution in [0.25, 0.3) is 16.6 Å².